The highest BCUT2D eigenvalue weighted by molar-refractivity contribution is 5.76. The minimum absolute atomic E-state index is 0.294. The summed E-state index contributed by atoms with van der Waals surface area (Å²) in [6, 6.07) is 1.13. The molecule has 2 aliphatic rings. The number of hydrogen-bond donors (Lipinski definition) is 1. The van der Waals surface area contributed by atoms with E-state index in [4.69, 9.17) is 0 Å². The van der Waals surface area contributed by atoms with E-state index >= 15 is 0 Å². The van der Waals surface area contributed by atoms with E-state index in [9.17, 15) is 4.79 Å². The average Bonchev–Trinajstić information content (AvgIpc) is 2.46. The lowest BCUT2D eigenvalue weighted by atomic mass is 9.91. The van der Waals surface area contributed by atoms with Crippen LogP contribution in [-0.2, 0) is 4.79 Å². The van der Waals surface area contributed by atoms with Gasteiger partial charge >= 0.3 is 0 Å². The van der Waals surface area contributed by atoms with Crippen molar-refractivity contribution < 1.29 is 4.79 Å². The standard InChI is InChI=1S/C14H26N2O/c1-10-7-14(2,3)8-12(10)15-11-5-6-13(17)16(4)9-11/h10-12,15H,5-9H2,1-4H3/t10-,11+,12-/m1/s1. The number of amides is 1. The second kappa shape index (κ2) is 4.60. The molecule has 2 rings (SSSR count). The third-order valence-electron chi connectivity index (χ3n) is 4.41. The molecule has 1 heterocycles. The molecule has 1 amide bonds. The molecule has 3 heteroatoms. The van der Waals surface area contributed by atoms with Crippen LogP contribution < -0.4 is 5.32 Å². The first kappa shape index (κ1) is 12.9. The predicted molar refractivity (Wildman–Crippen MR) is 69.8 cm³/mol. The van der Waals surface area contributed by atoms with Crippen molar-refractivity contribution in [1.29, 1.82) is 0 Å². The summed E-state index contributed by atoms with van der Waals surface area (Å²) in [6.45, 7) is 7.95. The molecule has 0 aromatic heterocycles. The number of likely N-dealkylation sites (N-methyl/N-ethyl adjacent to an activating group) is 1. The Kier molecular flexibility index (Phi) is 3.48. The Morgan fingerprint density at radius 2 is 2.06 bits per heavy atom. The molecule has 0 aromatic rings. The van der Waals surface area contributed by atoms with E-state index in [0.717, 1.165) is 18.9 Å². The minimum Gasteiger partial charge on any atom is -0.344 e. The summed E-state index contributed by atoms with van der Waals surface area (Å²) in [5, 5.41) is 3.78. The van der Waals surface area contributed by atoms with Crippen LogP contribution in [0, 0.1) is 11.3 Å². The van der Waals surface area contributed by atoms with Crippen molar-refractivity contribution in [2.75, 3.05) is 13.6 Å². The number of carbonyl (C=O) groups excluding carboxylic acids is 1. The van der Waals surface area contributed by atoms with E-state index in [1.54, 1.807) is 0 Å². The lowest BCUT2D eigenvalue weighted by molar-refractivity contribution is -0.132. The maximum atomic E-state index is 11.4. The van der Waals surface area contributed by atoms with Crippen LogP contribution in [0.15, 0.2) is 0 Å². The Bertz CT molecular complexity index is 301. The van der Waals surface area contributed by atoms with E-state index in [1.165, 1.54) is 12.8 Å². The predicted octanol–water partition coefficient (Wildman–Crippen LogP) is 2.02. The fourth-order valence-corrected chi connectivity index (χ4v) is 3.57. The molecule has 1 saturated carbocycles. The third kappa shape index (κ3) is 3.01. The zero-order valence-corrected chi connectivity index (χ0v) is 11.6. The highest BCUT2D eigenvalue weighted by Crippen LogP contribution is 2.41. The van der Waals surface area contributed by atoms with Crippen LogP contribution in [0.2, 0.25) is 0 Å². The summed E-state index contributed by atoms with van der Waals surface area (Å²) in [5.74, 6) is 1.05. The van der Waals surface area contributed by atoms with Crippen molar-refractivity contribution in [1.82, 2.24) is 10.2 Å². The van der Waals surface area contributed by atoms with Crippen LogP contribution in [0.1, 0.15) is 46.5 Å². The van der Waals surface area contributed by atoms with Crippen molar-refractivity contribution in [2.24, 2.45) is 11.3 Å². The quantitative estimate of drug-likeness (QED) is 0.798. The fraction of sp³-hybridized carbons (Fsp3) is 0.929. The molecule has 0 radical (unpaired) electrons. The number of nitrogens with zero attached hydrogens (tertiary/aromatic N) is 1. The lowest BCUT2D eigenvalue weighted by Crippen LogP contribution is -2.50. The second-order valence-electron chi connectivity index (χ2n) is 6.83. The molecule has 17 heavy (non-hydrogen) atoms. The topological polar surface area (TPSA) is 32.3 Å². The first-order valence-electron chi connectivity index (χ1n) is 6.87. The van der Waals surface area contributed by atoms with Gasteiger partial charge in [0.15, 0.2) is 0 Å². The van der Waals surface area contributed by atoms with Gasteiger partial charge in [-0.05, 0) is 30.6 Å². The van der Waals surface area contributed by atoms with Crippen LogP contribution in [0.3, 0.4) is 0 Å². The maximum Gasteiger partial charge on any atom is 0.222 e. The molecule has 3 atom stereocenters. The Morgan fingerprint density at radius 3 is 2.59 bits per heavy atom. The molecular formula is C14H26N2O. The third-order valence-corrected chi connectivity index (χ3v) is 4.41. The largest absolute Gasteiger partial charge is 0.344 e. The lowest BCUT2D eigenvalue weighted by Gasteiger charge is -2.33. The van der Waals surface area contributed by atoms with Gasteiger partial charge in [0.2, 0.25) is 5.91 Å². The smallest absolute Gasteiger partial charge is 0.222 e. The molecule has 98 valence electrons. The Labute approximate surface area is 105 Å². The van der Waals surface area contributed by atoms with Crippen molar-refractivity contribution in [3.8, 4) is 0 Å². The monoisotopic (exact) mass is 238 g/mol. The first-order chi connectivity index (χ1) is 7.87. The van der Waals surface area contributed by atoms with Gasteiger partial charge in [0.25, 0.3) is 0 Å². The summed E-state index contributed by atoms with van der Waals surface area (Å²) in [5.41, 5.74) is 0.480. The molecule has 1 aliphatic heterocycles. The summed E-state index contributed by atoms with van der Waals surface area (Å²) >= 11 is 0. The van der Waals surface area contributed by atoms with Gasteiger partial charge in [-0.2, -0.15) is 0 Å². The second-order valence-corrected chi connectivity index (χ2v) is 6.83. The van der Waals surface area contributed by atoms with Crippen molar-refractivity contribution in [2.45, 2.75) is 58.5 Å². The summed E-state index contributed by atoms with van der Waals surface area (Å²) in [6.07, 6.45) is 4.29. The van der Waals surface area contributed by atoms with Gasteiger partial charge in [0, 0.05) is 32.1 Å². The molecule has 0 bridgehead atoms. The molecule has 2 fully saturated rings. The maximum absolute atomic E-state index is 11.4. The first-order valence-corrected chi connectivity index (χ1v) is 6.87. The van der Waals surface area contributed by atoms with Crippen molar-refractivity contribution in [3.63, 3.8) is 0 Å². The van der Waals surface area contributed by atoms with Gasteiger partial charge in [-0.25, -0.2) is 0 Å². The molecule has 1 aliphatic carbocycles. The van der Waals surface area contributed by atoms with Gasteiger partial charge in [-0.1, -0.05) is 20.8 Å². The van der Waals surface area contributed by atoms with E-state index in [0.29, 0.717) is 29.8 Å². The fourth-order valence-electron chi connectivity index (χ4n) is 3.57. The van der Waals surface area contributed by atoms with Crippen molar-refractivity contribution >= 4 is 5.91 Å². The minimum atomic E-state index is 0.294. The molecule has 3 nitrogen and oxygen atoms in total. The van der Waals surface area contributed by atoms with Gasteiger partial charge < -0.3 is 10.2 Å². The molecule has 0 spiro atoms. The summed E-state index contributed by atoms with van der Waals surface area (Å²) in [4.78, 5) is 13.3. The van der Waals surface area contributed by atoms with Crippen LogP contribution in [0.25, 0.3) is 0 Å². The number of piperidine rings is 1. The number of nitrogens with one attached hydrogen (secondary N) is 1. The number of hydrogen-bond acceptors (Lipinski definition) is 2. The highest BCUT2D eigenvalue weighted by Gasteiger charge is 2.38. The number of carbonyl (C=O) groups is 1. The Morgan fingerprint density at radius 1 is 1.35 bits per heavy atom. The van der Waals surface area contributed by atoms with Crippen LogP contribution in [0.4, 0.5) is 0 Å². The normalized spacial score (nSPS) is 37.5. The zero-order chi connectivity index (χ0) is 12.6. The Balaban J connectivity index is 1.88. The van der Waals surface area contributed by atoms with Crippen LogP contribution >= 0.6 is 0 Å². The van der Waals surface area contributed by atoms with Gasteiger partial charge in [0.1, 0.15) is 0 Å². The highest BCUT2D eigenvalue weighted by atomic mass is 16.2. The average molecular weight is 238 g/mol. The number of likely N-dealkylation sites (tertiary alicyclic amines) is 1. The van der Waals surface area contributed by atoms with E-state index in [2.05, 4.69) is 26.1 Å². The molecule has 1 N–H and O–H groups in total. The van der Waals surface area contributed by atoms with E-state index in [1.807, 2.05) is 11.9 Å². The summed E-state index contributed by atoms with van der Waals surface area (Å²) < 4.78 is 0. The van der Waals surface area contributed by atoms with Crippen LogP contribution in [-0.4, -0.2) is 36.5 Å². The molecule has 0 aromatic carbocycles. The van der Waals surface area contributed by atoms with Gasteiger partial charge in [-0.3, -0.25) is 4.79 Å². The molecule has 1 saturated heterocycles. The van der Waals surface area contributed by atoms with Crippen LogP contribution in [0.5, 0.6) is 0 Å². The molecular weight excluding hydrogens is 212 g/mol. The SMILES string of the molecule is C[C@@H]1CC(C)(C)C[C@H]1N[C@H]1CCC(=O)N(C)C1. The molecule has 0 unspecified atom stereocenters. The van der Waals surface area contributed by atoms with E-state index < -0.39 is 0 Å². The van der Waals surface area contributed by atoms with Gasteiger partial charge in [0.05, 0.1) is 0 Å². The summed E-state index contributed by atoms with van der Waals surface area (Å²) in [7, 11) is 1.91. The van der Waals surface area contributed by atoms with Gasteiger partial charge in [-0.15, -0.1) is 0 Å². The van der Waals surface area contributed by atoms with E-state index in [-0.39, 0.29) is 0 Å². The Hall–Kier alpha value is -0.570. The zero-order valence-electron chi connectivity index (χ0n) is 11.6. The number of rotatable bonds is 2. The van der Waals surface area contributed by atoms with Crippen molar-refractivity contribution in [3.05, 3.63) is 0 Å².